The molecule has 2 N–H and O–H groups in total. The lowest BCUT2D eigenvalue weighted by atomic mass is 10.2. The molecular formula is C19H17FN2O5. The van der Waals surface area contributed by atoms with E-state index in [1.54, 1.807) is 31.4 Å². The number of anilines is 1. The van der Waals surface area contributed by atoms with Crippen molar-refractivity contribution in [1.29, 1.82) is 0 Å². The number of β-amino-alcohol motifs (C(OH)–C–C–N with tert-alkyl or cyclic N) is 1. The minimum Gasteiger partial charge on any atom is -0.497 e. The number of carbonyl (C=O) groups excluding carboxylic acids is 2. The molecule has 0 aromatic heterocycles. The van der Waals surface area contributed by atoms with E-state index < -0.39 is 17.6 Å². The summed E-state index contributed by atoms with van der Waals surface area (Å²) in [5.74, 6) is -0.286. The molecule has 7 nitrogen and oxygen atoms in total. The van der Waals surface area contributed by atoms with Gasteiger partial charge in [-0.25, -0.2) is 4.39 Å². The molecule has 2 aromatic rings. The molecular weight excluding hydrogens is 355 g/mol. The van der Waals surface area contributed by atoms with Crippen molar-refractivity contribution in [1.82, 2.24) is 4.90 Å². The molecule has 0 unspecified atom stereocenters. The molecule has 3 rings (SSSR count). The van der Waals surface area contributed by atoms with Crippen LogP contribution in [-0.4, -0.2) is 42.1 Å². The Balaban J connectivity index is 1.83. The minimum atomic E-state index is -0.603. The van der Waals surface area contributed by atoms with Crippen molar-refractivity contribution in [2.75, 3.05) is 25.6 Å². The van der Waals surface area contributed by atoms with Crippen LogP contribution >= 0.6 is 0 Å². The lowest BCUT2D eigenvalue weighted by molar-refractivity contribution is -0.137. The van der Waals surface area contributed by atoms with Crippen molar-refractivity contribution in [3.8, 4) is 17.2 Å². The van der Waals surface area contributed by atoms with Gasteiger partial charge in [-0.2, -0.15) is 0 Å². The monoisotopic (exact) mass is 372 g/mol. The number of rotatable bonds is 7. The third-order valence-electron chi connectivity index (χ3n) is 3.83. The van der Waals surface area contributed by atoms with Crippen LogP contribution in [0, 0.1) is 5.82 Å². The van der Waals surface area contributed by atoms with E-state index in [-0.39, 0.29) is 30.3 Å². The van der Waals surface area contributed by atoms with Crippen molar-refractivity contribution in [3.05, 3.63) is 60.1 Å². The van der Waals surface area contributed by atoms with Gasteiger partial charge in [0.15, 0.2) is 5.75 Å². The van der Waals surface area contributed by atoms with E-state index in [1.165, 1.54) is 12.1 Å². The van der Waals surface area contributed by atoms with Crippen LogP contribution in [0.2, 0.25) is 0 Å². The van der Waals surface area contributed by atoms with Gasteiger partial charge in [-0.05, 0) is 36.4 Å². The number of amides is 2. The smallest absolute Gasteiger partial charge is 0.277 e. The highest BCUT2D eigenvalue weighted by atomic mass is 19.1. The normalized spacial score (nSPS) is 13.6. The molecule has 0 saturated heterocycles. The number of aliphatic hydroxyl groups excluding tert-OH is 1. The van der Waals surface area contributed by atoms with Gasteiger partial charge in [0.2, 0.25) is 0 Å². The molecule has 1 heterocycles. The van der Waals surface area contributed by atoms with Crippen LogP contribution in [0.15, 0.2) is 54.2 Å². The number of ether oxygens (including phenoxy) is 2. The predicted octanol–water partition coefficient (Wildman–Crippen LogP) is 2.28. The summed E-state index contributed by atoms with van der Waals surface area (Å²) < 4.78 is 24.5. The Labute approximate surface area is 154 Å². The number of benzene rings is 2. The fourth-order valence-electron chi connectivity index (χ4n) is 2.51. The maximum Gasteiger partial charge on any atom is 0.277 e. The molecule has 2 aromatic carbocycles. The molecule has 0 bridgehead atoms. The summed E-state index contributed by atoms with van der Waals surface area (Å²) in [5, 5.41) is 11.7. The predicted molar refractivity (Wildman–Crippen MR) is 95.0 cm³/mol. The van der Waals surface area contributed by atoms with E-state index in [2.05, 4.69) is 5.32 Å². The second kappa shape index (κ2) is 7.88. The van der Waals surface area contributed by atoms with Gasteiger partial charge in [0, 0.05) is 12.1 Å². The van der Waals surface area contributed by atoms with Gasteiger partial charge in [0.05, 0.1) is 25.9 Å². The van der Waals surface area contributed by atoms with Crippen molar-refractivity contribution >= 4 is 17.5 Å². The summed E-state index contributed by atoms with van der Waals surface area (Å²) in [6, 6.07) is 10.6. The topological polar surface area (TPSA) is 88.1 Å². The third kappa shape index (κ3) is 4.06. The maximum absolute atomic E-state index is 13.7. The molecule has 2 amide bonds. The summed E-state index contributed by atoms with van der Waals surface area (Å²) in [7, 11) is 1.55. The van der Waals surface area contributed by atoms with Crippen LogP contribution in [0.5, 0.6) is 17.2 Å². The molecule has 0 fully saturated rings. The Hall–Kier alpha value is -3.39. The number of imide groups is 1. The number of hydrogen-bond donors (Lipinski definition) is 2. The largest absolute Gasteiger partial charge is 0.497 e. The van der Waals surface area contributed by atoms with Crippen molar-refractivity contribution < 1.29 is 28.6 Å². The highest BCUT2D eigenvalue weighted by Crippen LogP contribution is 2.32. The molecule has 140 valence electrons. The number of halogens is 1. The molecule has 0 radical (unpaired) electrons. The van der Waals surface area contributed by atoms with Crippen LogP contribution in [0.3, 0.4) is 0 Å². The lowest BCUT2D eigenvalue weighted by Gasteiger charge is -2.15. The van der Waals surface area contributed by atoms with Gasteiger partial charge in [0.25, 0.3) is 11.8 Å². The first kappa shape index (κ1) is 18.4. The lowest BCUT2D eigenvalue weighted by Crippen LogP contribution is -2.34. The van der Waals surface area contributed by atoms with Gasteiger partial charge in [-0.15, -0.1) is 0 Å². The Morgan fingerprint density at radius 1 is 1.11 bits per heavy atom. The molecule has 0 saturated carbocycles. The van der Waals surface area contributed by atoms with Crippen molar-refractivity contribution in [2.45, 2.75) is 0 Å². The standard InChI is InChI=1S/C19H17FN2O5/c1-26-13-3-5-14(6-4-13)27-17-7-2-12(20)10-15(17)21-16-11-18(24)22(8-9-23)19(16)25/h2-7,10-11,21,23H,8-9H2,1H3. The van der Waals surface area contributed by atoms with Crippen molar-refractivity contribution in [2.24, 2.45) is 0 Å². The highest BCUT2D eigenvalue weighted by molar-refractivity contribution is 6.17. The van der Waals surface area contributed by atoms with Crippen LogP contribution in [0.1, 0.15) is 0 Å². The SMILES string of the molecule is COc1ccc(Oc2ccc(F)cc2NC2=CC(=O)N(CCO)C2=O)cc1. The zero-order valence-electron chi connectivity index (χ0n) is 14.4. The molecule has 8 heteroatoms. The summed E-state index contributed by atoms with van der Waals surface area (Å²) >= 11 is 0. The zero-order chi connectivity index (χ0) is 19.4. The van der Waals surface area contributed by atoms with E-state index in [4.69, 9.17) is 14.6 Å². The first-order chi connectivity index (χ1) is 13.0. The summed E-state index contributed by atoms with van der Waals surface area (Å²) in [5.41, 5.74) is 0.155. The Morgan fingerprint density at radius 2 is 1.81 bits per heavy atom. The molecule has 1 aliphatic heterocycles. The summed E-state index contributed by atoms with van der Waals surface area (Å²) in [6.45, 7) is -0.456. The highest BCUT2D eigenvalue weighted by Gasteiger charge is 2.31. The fourth-order valence-corrected chi connectivity index (χ4v) is 2.51. The average molecular weight is 372 g/mol. The number of carbonyl (C=O) groups is 2. The molecule has 0 aliphatic carbocycles. The quantitative estimate of drug-likeness (QED) is 0.725. The second-order valence-electron chi connectivity index (χ2n) is 5.62. The second-order valence-corrected chi connectivity index (χ2v) is 5.62. The fraction of sp³-hybridized carbons (Fsp3) is 0.158. The zero-order valence-corrected chi connectivity index (χ0v) is 14.4. The number of nitrogens with zero attached hydrogens (tertiary/aromatic N) is 1. The summed E-state index contributed by atoms with van der Waals surface area (Å²) in [4.78, 5) is 25.0. The van der Waals surface area contributed by atoms with Gasteiger partial charge in [0.1, 0.15) is 23.0 Å². The Morgan fingerprint density at radius 3 is 2.48 bits per heavy atom. The molecule has 0 atom stereocenters. The first-order valence-electron chi connectivity index (χ1n) is 8.08. The third-order valence-corrected chi connectivity index (χ3v) is 3.83. The number of nitrogens with one attached hydrogen (secondary N) is 1. The molecule has 27 heavy (non-hydrogen) atoms. The number of aliphatic hydroxyl groups is 1. The van der Waals surface area contributed by atoms with E-state index in [0.717, 1.165) is 17.0 Å². The van der Waals surface area contributed by atoms with E-state index in [1.807, 2.05) is 0 Å². The average Bonchev–Trinajstić information content (AvgIpc) is 2.92. The van der Waals surface area contributed by atoms with Gasteiger partial charge in [-0.3, -0.25) is 14.5 Å². The van der Waals surface area contributed by atoms with Gasteiger partial charge < -0.3 is 19.9 Å². The van der Waals surface area contributed by atoms with Crippen LogP contribution in [-0.2, 0) is 9.59 Å². The van der Waals surface area contributed by atoms with Crippen LogP contribution in [0.4, 0.5) is 10.1 Å². The van der Waals surface area contributed by atoms with Crippen molar-refractivity contribution in [3.63, 3.8) is 0 Å². The maximum atomic E-state index is 13.7. The first-order valence-corrected chi connectivity index (χ1v) is 8.08. The number of methoxy groups -OCH3 is 1. The van der Waals surface area contributed by atoms with E-state index in [9.17, 15) is 14.0 Å². The van der Waals surface area contributed by atoms with Crippen LogP contribution < -0.4 is 14.8 Å². The van der Waals surface area contributed by atoms with Crippen LogP contribution in [0.25, 0.3) is 0 Å². The minimum absolute atomic E-state index is 0.0290. The van der Waals surface area contributed by atoms with Gasteiger partial charge >= 0.3 is 0 Å². The van der Waals surface area contributed by atoms with Gasteiger partial charge in [-0.1, -0.05) is 0 Å². The molecule has 1 aliphatic rings. The Kier molecular flexibility index (Phi) is 5.37. The van der Waals surface area contributed by atoms with E-state index >= 15 is 0 Å². The Bertz CT molecular complexity index is 895. The van der Waals surface area contributed by atoms with E-state index in [0.29, 0.717) is 11.5 Å². The summed E-state index contributed by atoms with van der Waals surface area (Å²) in [6.07, 6.45) is 1.10. The number of hydrogen-bond acceptors (Lipinski definition) is 6. The molecule has 0 spiro atoms.